The Labute approximate surface area is 139 Å². The van der Waals surface area contributed by atoms with Crippen molar-refractivity contribution < 1.29 is 5.11 Å². The van der Waals surface area contributed by atoms with Gasteiger partial charge in [-0.05, 0) is 23.3 Å². The second-order valence-electron chi connectivity index (χ2n) is 5.68. The molecule has 2 heterocycles. The van der Waals surface area contributed by atoms with E-state index in [2.05, 4.69) is 45.6 Å². The van der Waals surface area contributed by atoms with E-state index in [1.165, 1.54) is 10.8 Å². The molecule has 4 rings (SSSR count). The lowest BCUT2D eigenvalue weighted by Crippen LogP contribution is -2.06. The summed E-state index contributed by atoms with van der Waals surface area (Å²) in [5.41, 5.74) is 2.94. The SMILES string of the molecule is OCCCNc1nccn2c(-c3ccc4ccccc4c3)cnc12. The summed E-state index contributed by atoms with van der Waals surface area (Å²) >= 11 is 0. The number of benzene rings is 2. The summed E-state index contributed by atoms with van der Waals surface area (Å²) in [7, 11) is 0. The number of hydrogen-bond donors (Lipinski definition) is 2. The molecule has 0 saturated heterocycles. The summed E-state index contributed by atoms with van der Waals surface area (Å²) in [6.07, 6.45) is 6.24. The Balaban J connectivity index is 1.77. The first-order valence-electron chi connectivity index (χ1n) is 8.03. The first-order valence-corrected chi connectivity index (χ1v) is 8.03. The number of aliphatic hydroxyl groups excluding tert-OH is 1. The molecule has 0 unspecified atom stereocenters. The molecule has 120 valence electrons. The van der Waals surface area contributed by atoms with E-state index in [0.717, 1.165) is 22.7 Å². The standard InChI is InChI=1S/C19H18N4O/c24-11-3-8-20-18-19-22-13-17(23(19)10-9-21-18)16-7-6-14-4-1-2-5-15(14)12-16/h1-2,4-7,9-10,12-13,24H,3,8,11H2,(H,20,21). The van der Waals surface area contributed by atoms with Gasteiger partial charge < -0.3 is 10.4 Å². The fraction of sp³-hybridized carbons (Fsp3) is 0.158. The Bertz CT molecular complexity index is 993. The first kappa shape index (κ1) is 14.7. The number of fused-ring (bicyclic) bond motifs is 2. The number of nitrogens with one attached hydrogen (secondary N) is 1. The predicted octanol–water partition coefficient (Wildman–Crippen LogP) is 3.34. The van der Waals surface area contributed by atoms with Crippen molar-refractivity contribution in [1.82, 2.24) is 14.4 Å². The molecule has 0 bridgehead atoms. The van der Waals surface area contributed by atoms with Crippen molar-refractivity contribution in [1.29, 1.82) is 0 Å². The van der Waals surface area contributed by atoms with E-state index in [9.17, 15) is 0 Å². The van der Waals surface area contributed by atoms with Crippen LogP contribution < -0.4 is 5.32 Å². The van der Waals surface area contributed by atoms with Crippen molar-refractivity contribution in [2.24, 2.45) is 0 Å². The average Bonchev–Trinajstić information content (AvgIpc) is 3.06. The van der Waals surface area contributed by atoms with Crippen LogP contribution in [-0.2, 0) is 0 Å². The zero-order chi connectivity index (χ0) is 16.4. The van der Waals surface area contributed by atoms with Crippen LogP contribution in [0.4, 0.5) is 5.82 Å². The third kappa shape index (κ3) is 2.59. The third-order valence-corrected chi connectivity index (χ3v) is 4.10. The molecule has 0 aliphatic heterocycles. The normalized spacial score (nSPS) is 11.2. The zero-order valence-electron chi connectivity index (χ0n) is 13.2. The van der Waals surface area contributed by atoms with Crippen LogP contribution >= 0.6 is 0 Å². The summed E-state index contributed by atoms with van der Waals surface area (Å²) in [6, 6.07) is 14.8. The lowest BCUT2D eigenvalue weighted by molar-refractivity contribution is 0.292. The number of hydrogen-bond acceptors (Lipinski definition) is 4. The van der Waals surface area contributed by atoms with Crippen molar-refractivity contribution in [3.05, 3.63) is 61.1 Å². The lowest BCUT2D eigenvalue weighted by Gasteiger charge is -2.07. The lowest BCUT2D eigenvalue weighted by atomic mass is 10.1. The maximum atomic E-state index is 8.92. The number of rotatable bonds is 5. The van der Waals surface area contributed by atoms with Crippen molar-refractivity contribution in [3.8, 4) is 11.3 Å². The molecule has 2 N–H and O–H groups in total. The van der Waals surface area contributed by atoms with Crippen LogP contribution in [0.15, 0.2) is 61.1 Å². The molecule has 0 amide bonds. The molecule has 0 saturated carbocycles. The van der Waals surface area contributed by atoms with Gasteiger partial charge in [-0.25, -0.2) is 9.97 Å². The van der Waals surface area contributed by atoms with E-state index in [0.29, 0.717) is 13.0 Å². The molecule has 2 aromatic carbocycles. The highest BCUT2D eigenvalue weighted by Gasteiger charge is 2.10. The Morgan fingerprint density at radius 1 is 1.04 bits per heavy atom. The Morgan fingerprint density at radius 2 is 1.92 bits per heavy atom. The molecule has 0 fully saturated rings. The molecule has 24 heavy (non-hydrogen) atoms. The van der Waals surface area contributed by atoms with Gasteiger partial charge in [0.25, 0.3) is 0 Å². The minimum Gasteiger partial charge on any atom is -0.396 e. The van der Waals surface area contributed by atoms with E-state index >= 15 is 0 Å². The van der Waals surface area contributed by atoms with Crippen LogP contribution in [0.5, 0.6) is 0 Å². The second kappa shape index (κ2) is 6.29. The Kier molecular flexibility index (Phi) is 3.84. The Morgan fingerprint density at radius 3 is 2.79 bits per heavy atom. The van der Waals surface area contributed by atoms with Gasteiger partial charge in [0.1, 0.15) is 0 Å². The van der Waals surface area contributed by atoms with E-state index in [1.54, 1.807) is 6.20 Å². The zero-order valence-corrected chi connectivity index (χ0v) is 13.2. The molecule has 0 aliphatic carbocycles. The van der Waals surface area contributed by atoms with Crippen LogP contribution in [0.1, 0.15) is 6.42 Å². The average molecular weight is 318 g/mol. The highest BCUT2D eigenvalue weighted by molar-refractivity contribution is 5.87. The van der Waals surface area contributed by atoms with Gasteiger partial charge in [0.05, 0.1) is 11.9 Å². The molecular formula is C19H18N4O. The monoisotopic (exact) mass is 318 g/mol. The molecule has 0 aliphatic rings. The molecule has 2 aromatic heterocycles. The van der Waals surface area contributed by atoms with E-state index < -0.39 is 0 Å². The number of aliphatic hydroxyl groups is 1. The summed E-state index contributed by atoms with van der Waals surface area (Å²) in [6.45, 7) is 0.828. The van der Waals surface area contributed by atoms with Gasteiger partial charge in [0.2, 0.25) is 0 Å². The van der Waals surface area contributed by atoms with E-state index in [1.807, 2.05) is 28.9 Å². The number of aromatic nitrogens is 3. The van der Waals surface area contributed by atoms with Gasteiger partial charge in [-0.2, -0.15) is 0 Å². The minimum atomic E-state index is 0.160. The molecular weight excluding hydrogens is 300 g/mol. The van der Waals surface area contributed by atoms with E-state index in [4.69, 9.17) is 5.11 Å². The topological polar surface area (TPSA) is 62.5 Å². The minimum absolute atomic E-state index is 0.160. The van der Waals surface area contributed by atoms with Gasteiger partial charge in [-0.3, -0.25) is 4.40 Å². The van der Waals surface area contributed by atoms with Gasteiger partial charge in [-0.1, -0.05) is 36.4 Å². The molecule has 4 aromatic rings. The summed E-state index contributed by atoms with van der Waals surface area (Å²) in [5, 5.41) is 14.6. The van der Waals surface area contributed by atoms with Crippen molar-refractivity contribution in [2.45, 2.75) is 6.42 Å². The van der Waals surface area contributed by atoms with Crippen LogP contribution in [0.2, 0.25) is 0 Å². The second-order valence-corrected chi connectivity index (χ2v) is 5.68. The van der Waals surface area contributed by atoms with Crippen LogP contribution in [-0.4, -0.2) is 32.6 Å². The van der Waals surface area contributed by atoms with Crippen molar-refractivity contribution in [3.63, 3.8) is 0 Å². The number of anilines is 1. The first-order chi connectivity index (χ1) is 11.9. The van der Waals surface area contributed by atoms with Gasteiger partial charge in [0.15, 0.2) is 11.5 Å². The van der Waals surface area contributed by atoms with Gasteiger partial charge in [-0.15, -0.1) is 0 Å². The van der Waals surface area contributed by atoms with Crippen LogP contribution in [0, 0.1) is 0 Å². The summed E-state index contributed by atoms with van der Waals surface area (Å²) < 4.78 is 2.04. The van der Waals surface area contributed by atoms with Gasteiger partial charge in [0, 0.05) is 31.1 Å². The molecule has 5 nitrogen and oxygen atoms in total. The van der Waals surface area contributed by atoms with Crippen molar-refractivity contribution >= 4 is 22.2 Å². The predicted molar refractivity (Wildman–Crippen MR) is 96.1 cm³/mol. The number of nitrogens with zero attached hydrogens (tertiary/aromatic N) is 3. The molecule has 0 radical (unpaired) electrons. The third-order valence-electron chi connectivity index (χ3n) is 4.10. The van der Waals surface area contributed by atoms with Crippen molar-refractivity contribution in [2.75, 3.05) is 18.5 Å². The fourth-order valence-corrected chi connectivity index (χ4v) is 2.89. The Hall–Kier alpha value is -2.92. The fourth-order valence-electron chi connectivity index (χ4n) is 2.89. The molecule has 0 atom stereocenters. The highest BCUT2D eigenvalue weighted by Crippen LogP contribution is 2.26. The molecule has 0 spiro atoms. The van der Waals surface area contributed by atoms with Gasteiger partial charge >= 0.3 is 0 Å². The van der Waals surface area contributed by atoms with Crippen LogP contribution in [0.25, 0.3) is 27.7 Å². The maximum Gasteiger partial charge on any atom is 0.180 e. The largest absolute Gasteiger partial charge is 0.396 e. The van der Waals surface area contributed by atoms with Crippen LogP contribution in [0.3, 0.4) is 0 Å². The quantitative estimate of drug-likeness (QED) is 0.554. The van der Waals surface area contributed by atoms with E-state index in [-0.39, 0.29) is 6.61 Å². The summed E-state index contributed by atoms with van der Waals surface area (Å²) in [5.74, 6) is 0.734. The highest BCUT2D eigenvalue weighted by atomic mass is 16.3. The molecule has 5 heteroatoms. The maximum absolute atomic E-state index is 8.92. The number of imidazole rings is 1. The summed E-state index contributed by atoms with van der Waals surface area (Å²) in [4.78, 5) is 8.89. The smallest absolute Gasteiger partial charge is 0.180 e.